The van der Waals surface area contributed by atoms with Gasteiger partial charge in [-0.05, 0) is 0 Å². The summed E-state index contributed by atoms with van der Waals surface area (Å²) in [5.41, 5.74) is 5.88. The van der Waals surface area contributed by atoms with E-state index in [2.05, 4.69) is 51.7 Å². The Balaban J connectivity index is 2.24. The first-order chi connectivity index (χ1) is 8.72. The van der Waals surface area contributed by atoms with Crippen molar-refractivity contribution < 1.29 is 26.5 Å². The first kappa shape index (κ1) is 12.2. The Labute approximate surface area is 116 Å². The summed E-state index contributed by atoms with van der Waals surface area (Å²) in [6.07, 6.45) is 0. The summed E-state index contributed by atoms with van der Waals surface area (Å²) in [6, 6.07) is 15.4. The molecule has 1 aliphatic rings. The first-order valence-corrected chi connectivity index (χ1v) is 12.6. The van der Waals surface area contributed by atoms with Crippen LogP contribution in [0, 0.1) is 0 Å². The molecule has 0 heterocycles. The molecule has 0 spiro atoms. The van der Waals surface area contributed by atoms with Crippen molar-refractivity contribution in [2.75, 3.05) is 7.11 Å². The maximum absolute atomic E-state index is 5.39. The number of hydrogen-bond acceptors (Lipinski definition) is 1. The van der Waals surface area contributed by atoms with Crippen LogP contribution in [0.25, 0.3) is 11.1 Å². The van der Waals surface area contributed by atoms with Crippen LogP contribution in [0.15, 0.2) is 42.5 Å². The number of fused-ring (bicyclic) bond motifs is 3. The topological polar surface area (TPSA) is 9.23 Å². The van der Waals surface area contributed by atoms with E-state index in [1.807, 2.05) is 0 Å². The van der Waals surface area contributed by atoms with Crippen molar-refractivity contribution >= 4 is 0 Å². The Morgan fingerprint density at radius 1 is 0.944 bits per heavy atom. The Morgan fingerprint density at radius 3 is 2.39 bits per heavy atom. The van der Waals surface area contributed by atoms with E-state index in [1.165, 1.54) is 16.7 Å². The molecule has 1 atom stereocenters. The molecule has 18 heavy (non-hydrogen) atoms. The van der Waals surface area contributed by atoms with E-state index in [0.717, 1.165) is 5.75 Å². The summed E-state index contributed by atoms with van der Waals surface area (Å²) in [5.74, 6) is 0.983. The summed E-state index contributed by atoms with van der Waals surface area (Å²) >= 11 is -1.36. The molecule has 0 radical (unpaired) electrons. The molecule has 2 aromatic rings. The van der Waals surface area contributed by atoms with E-state index in [4.69, 9.17) is 4.74 Å². The molecule has 0 N–H and O–H groups in total. The molecule has 2 aromatic carbocycles. The van der Waals surface area contributed by atoms with Gasteiger partial charge in [-0.3, -0.25) is 0 Å². The van der Waals surface area contributed by atoms with E-state index in [-0.39, 0.29) is 0 Å². The van der Waals surface area contributed by atoms with Gasteiger partial charge in [-0.1, -0.05) is 0 Å². The van der Waals surface area contributed by atoms with Crippen LogP contribution in [0.3, 0.4) is 0 Å². The Bertz CT molecular complexity index is 589. The van der Waals surface area contributed by atoms with E-state index in [1.54, 1.807) is 12.7 Å². The molecule has 0 bridgehead atoms. The van der Waals surface area contributed by atoms with Crippen LogP contribution in [0.4, 0.5) is 0 Å². The number of methoxy groups -OCH3 is 1. The summed E-state index contributed by atoms with van der Waals surface area (Å²) in [7, 11) is 1.75. The van der Waals surface area contributed by atoms with Gasteiger partial charge >= 0.3 is 117 Å². The third kappa shape index (κ3) is 1.78. The number of hydrogen-bond donors (Lipinski definition) is 0. The van der Waals surface area contributed by atoms with E-state index >= 15 is 0 Å². The molecule has 1 aliphatic carbocycles. The third-order valence-electron chi connectivity index (χ3n) is 3.71. The van der Waals surface area contributed by atoms with Gasteiger partial charge in [0.25, 0.3) is 0 Å². The van der Waals surface area contributed by atoms with Crippen molar-refractivity contribution in [1.82, 2.24) is 0 Å². The van der Waals surface area contributed by atoms with Crippen LogP contribution in [0.1, 0.15) is 14.8 Å². The molecule has 1 unspecified atom stereocenters. The van der Waals surface area contributed by atoms with Gasteiger partial charge in [-0.15, -0.1) is 0 Å². The standard InChI is InChI=1S/C14H11O.2CH3.Zr/c1-15-12-6-7-14-11(9-12)8-10-4-2-3-5-13(10)14;;;/h2-9H,1H3;2*1H3;. The number of ether oxygens (including phenoxy) is 1. The fourth-order valence-corrected chi connectivity index (χ4v) is 7.20. The van der Waals surface area contributed by atoms with Gasteiger partial charge in [0.2, 0.25) is 0 Å². The summed E-state index contributed by atoms with van der Waals surface area (Å²) in [4.78, 5) is 0. The fourth-order valence-electron chi connectivity index (χ4n) is 2.94. The van der Waals surface area contributed by atoms with Gasteiger partial charge in [0.05, 0.1) is 0 Å². The van der Waals surface area contributed by atoms with E-state index in [9.17, 15) is 0 Å². The second kappa shape index (κ2) is 4.66. The fraction of sp³-hybridized carbons (Fsp3) is 0.250. The predicted molar refractivity (Wildman–Crippen MR) is 72.0 cm³/mol. The van der Waals surface area contributed by atoms with E-state index in [0.29, 0.717) is 3.63 Å². The van der Waals surface area contributed by atoms with Gasteiger partial charge in [-0.2, -0.15) is 0 Å². The quantitative estimate of drug-likeness (QED) is 0.794. The zero-order chi connectivity index (χ0) is 12.7. The number of benzene rings is 2. The third-order valence-corrected chi connectivity index (χ3v) is 8.08. The van der Waals surface area contributed by atoms with Crippen LogP contribution in [0.5, 0.6) is 5.75 Å². The minimum absolute atomic E-state index is 0.689. The van der Waals surface area contributed by atoms with Crippen molar-refractivity contribution in [1.29, 1.82) is 0 Å². The Kier molecular flexibility index (Phi) is 3.15. The van der Waals surface area contributed by atoms with E-state index < -0.39 is 21.8 Å². The Morgan fingerprint density at radius 2 is 1.67 bits per heavy atom. The second-order valence-electron chi connectivity index (χ2n) is 5.05. The van der Waals surface area contributed by atoms with Gasteiger partial charge in [-0.25, -0.2) is 0 Å². The Hall–Kier alpha value is -0.877. The van der Waals surface area contributed by atoms with Crippen LogP contribution in [-0.2, 0) is 21.8 Å². The molecule has 0 aromatic heterocycles. The SMILES string of the molecule is COc1ccc2c(c1)[CH]([Zr]([CH3])[CH3])c1ccccc1-2. The zero-order valence-corrected chi connectivity index (χ0v) is 13.5. The average Bonchev–Trinajstić information content (AvgIpc) is 2.72. The molecule has 1 nitrogen and oxygen atoms in total. The molecule has 2 heteroatoms. The van der Waals surface area contributed by atoms with Gasteiger partial charge in [0.1, 0.15) is 0 Å². The second-order valence-corrected chi connectivity index (χ2v) is 11.8. The maximum atomic E-state index is 5.39. The zero-order valence-electron chi connectivity index (χ0n) is 11.0. The average molecular weight is 317 g/mol. The van der Waals surface area contributed by atoms with Crippen LogP contribution in [0.2, 0.25) is 9.26 Å². The molecule has 0 amide bonds. The van der Waals surface area contributed by atoms with Gasteiger partial charge in [0.15, 0.2) is 0 Å². The van der Waals surface area contributed by atoms with Gasteiger partial charge in [0, 0.05) is 0 Å². The number of rotatable bonds is 2. The molecule has 0 fully saturated rings. The monoisotopic (exact) mass is 315 g/mol. The molecule has 0 saturated heterocycles. The van der Waals surface area contributed by atoms with Crippen LogP contribution < -0.4 is 4.74 Å². The molecule has 0 saturated carbocycles. The van der Waals surface area contributed by atoms with Crippen molar-refractivity contribution in [3.8, 4) is 16.9 Å². The van der Waals surface area contributed by atoms with Crippen molar-refractivity contribution in [3.05, 3.63) is 53.6 Å². The van der Waals surface area contributed by atoms with Crippen molar-refractivity contribution in [2.45, 2.75) is 12.9 Å². The molecule has 0 aliphatic heterocycles. The molecule has 91 valence electrons. The normalized spacial score (nSPS) is 16.1. The van der Waals surface area contributed by atoms with Gasteiger partial charge < -0.3 is 0 Å². The van der Waals surface area contributed by atoms with Crippen LogP contribution >= 0.6 is 0 Å². The molecule has 3 rings (SSSR count). The van der Waals surface area contributed by atoms with Crippen LogP contribution in [-0.4, -0.2) is 7.11 Å². The summed E-state index contributed by atoms with van der Waals surface area (Å²) < 4.78 is 11.0. The van der Waals surface area contributed by atoms with Crippen molar-refractivity contribution in [2.24, 2.45) is 0 Å². The molecular formula is C16H17OZr. The molecular weight excluding hydrogens is 299 g/mol. The summed E-state index contributed by atoms with van der Waals surface area (Å²) in [6.45, 7) is 0. The first-order valence-electron chi connectivity index (χ1n) is 6.29. The summed E-state index contributed by atoms with van der Waals surface area (Å²) in [5, 5.41) is 0. The minimum atomic E-state index is -1.36. The van der Waals surface area contributed by atoms with Crippen molar-refractivity contribution in [3.63, 3.8) is 0 Å². The predicted octanol–water partition coefficient (Wildman–Crippen LogP) is 4.48.